The molecule has 17 heavy (non-hydrogen) atoms. The lowest BCUT2D eigenvalue weighted by atomic mass is 10.00. The van der Waals surface area contributed by atoms with E-state index in [0.717, 1.165) is 5.56 Å². The molecule has 1 aliphatic heterocycles. The Balaban J connectivity index is 2.47. The Labute approximate surface area is 100 Å². The molecule has 1 heterocycles. The number of hydrogen-bond donors (Lipinski definition) is 1. The zero-order valence-electron chi connectivity index (χ0n) is 10.2. The van der Waals surface area contributed by atoms with Gasteiger partial charge in [0.2, 0.25) is 11.8 Å². The highest BCUT2D eigenvalue weighted by Gasteiger charge is 2.43. The summed E-state index contributed by atoms with van der Waals surface area (Å²) in [6, 6.07) is 5.34. The van der Waals surface area contributed by atoms with E-state index in [4.69, 9.17) is 5.73 Å². The molecular formula is C13H16N2O2. The summed E-state index contributed by atoms with van der Waals surface area (Å²) in [4.78, 5) is 25.2. The fourth-order valence-corrected chi connectivity index (χ4v) is 2.06. The molecule has 4 heteroatoms. The maximum atomic E-state index is 12.0. The molecule has 4 nitrogen and oxygen atoms in total. The van der Waals surface area contributed by atoms with Crippen molar-refractivity contribution in [1.82, 2.24) is 0 Å². The summed E-state index contributed by atoms with van der Waals surface area (Å²) in [5.41, 5.74) is 7.84. The molecule has 2 rings (SSSR count). The molecule has 0 spiro atoms. The number of aryl methyl sites for hydroxylation is 1. The zero-order chi connectivity index (χ0) is 12.7. The largest absolute Gasteiger partial charge is 0.397 e. The maximum Gasteiger partial charge on any atom is 0.237 e. The second kappa shape index (κ2) is 3.87. The van der Waals surface area contributed by atoms with E-state index >= 15 is 0 Å². The molecule has 2 unspecified atom stereocenters. The van der Waals surface area contributed by atoms with Crippen LogP contribution in [0.1, 0.15) is 19.4 Å². The Hall–Kier alpha value is -1.84. The van der Waals surface area contributed by atoms with Crippen molar-refractivity contribution in [3.8, 4) is 0 Å². The quantitative estimate of drug-likeness (QED) is 0.592. The van der Waals surface area contributed by atoms with Crippen LogP contribution in [-0.4, -0.2) is 11.8 Å². The third kappa shape index (κ3) is 1.69. The average molecular weight is 232 g/mol. The number of rotatable bonds is 1. The van der Waals surface area contributed by atoms with Gasteiger partial charge in [0.05, 0.1) is 11.4 Å². The third-order valence-corrected chi connectivity index (χ3v) is 3.39. The van der Waals surface area contributed by atoms with Gasteiger partial charge in [-0.3, -0.25) is 9.59 Å². The van der Waals surface area contributed by atoms with Crippen LogP contribution >= 0.6 is 0 Å². The Bertz CT molecular complexity index is 476. The van der Waals surface area contributed by atoms with Crippen LogP contribution in [0, 0.1) is 18.8 Å². The van der Waals surface area contributed by atoms with E-state index in [1.807, 2.05) is 13.0 Å². The lowest BCUT2D eigenvalue weighted by Gasteiger charge is -2.17. The second-order valence-electron chi connectivity index (χ2n) is 4.65. The van der Waals surface area contributed by atoms with Gasteiger partial charge in [0, 0.05) is 11.8 Å². The van der Waals surface area contributed by atoms with Crippen LogP contribution < -0.4 is 10.6 Å². The number of imide groups is 1. The highest BCUT2D eigenvalue weighted by Crippen LogP contribution is 2.33. The van der Waals surface area contributed by atoms with Gasteiger partial charge in [-0.25, -0.2) is 4.90 Å². The molecule has 1 aromatic carbocycles. The van der Waals surface area contributed by atoms with Crippen LogP contribution in [0.4, 0.5) is 11.4 Å². The lowest BCUT2D eigenvalue weighted by Crippen LogP contribution is -2.31. The topological polar surface area (TPSA) is 63.4 Å². The van der Waals surface area contributed by atoms with Crippen LogP contribution in [-0.2, 0) is 9.59 Å². The molecule has 2 N–H and O–H groups in total. The minimum atomic E-state index is -0.275. The van der Waals surface area contributed by atoms with Crippen LogP contribution in [0.3, 0.4) is 0 Å². The van der Waals surface area contributed by atoms with E-state index in [0.29, 0.717) is 11.4 Å². The molecular weight excluding hydrogens is 216 g/mol. The first-order valence-corrected chi connectivity index (χ1v) is 5.67. The number of amides is 2. The molecule has 1 aliphatic rings. The molecule has 90 valence electrons. The van der Waals surface area contributed by atoms with Crippen molar-refractivity contribution in [2.24, 2.45) is 11.8 Å². The summed E-state index contributed by atoms with van der Waals surface area (Å²) in [6.07, 6.45) is 0. The summed E-state index contributed by atoms with van der Waals surface area (Å²) < 4.78 is 0. The van der Waals surface area contributed by atoms with Gasteiger partial charge >= 0.3 is 0 Å². The monoisotopic (exact) mass is 232 g/mol. The van der Waals surface area contributed by atoms with Gasteiger partial charge in [-0.05, 0) is 24.6 Å². The molecule has 1 saturated heterocycles. The summed E-state index contributed by atoms with van der Waals surface area (Å²) in [5.74, 6) is -0.887. The SMILES string of the molecule is Cc1ccc(N2C(=O)C(C)C(C)C2=O)c(N)c1. The lowest BCUT2D eigenvalue weighted by molar-refractivity contribution is -0.122. The van der Waals surface area contributed by atoms with Crippen molar-refractivity contribution in [2.45, 2.75) is 20.8 Å². The van der Waals surface area contributed by atoms with Gasteiger partial charge in [-0.2, -0.15) is 0 Å². The number of carbonyl (C=O) groups excluding carboxylic acids is 2. The molecule has 0 bridgehead atoms. The predicted octanol–water partition coefficient (Wildman–Crippen LogP) is 1.72. The van der Waals surface area contributed by atoms with E-state index in [1.165, 1.54) is 4.90 Å². The first kappa shape index (κ1) is 11.6. The Kier molecular flexibility index (Phi) is 2.65. The van der Waals surface area contributed by atoms with E-state index in [2.05, 4.69) is 0 Å². The molecule has 0 aromatic heterocycles. The Morgan fingerprint density at radius 3 is 2.12 bits per heavy atom. The van der Waals surface area contributed by atoms with Gasteiger partial charge < -0.3 is 5.73 Å². The van der Waals surface area contributed by atoms with Gasteiger partial charge in [0.25, 0.3) is 0 Å². The zero-order valence-corrected chi connectivity index (χ0v) is 10.2. The highest BCUT2D eigenvalue weighted by molar-refractivity contribution is 6.22. The number of nitrogens with zero attached hydrogens (tertiary/aromatic N) is 1. The van der Waals surface area contributed by atoms with Crippen LogP contribution in [0.2, 0.25) is 0 Å². The predicted molar refractivity (Wildman–Crippen MR) is 66.4 cm³/mol. The van der Waals surface area contributed by atoms with E-state index in [-0.39, 0.29) is 23.7 Å². The molecule has 2 atom stereocenters. The number of hydrogen-bond acceptors (Lipinski definition) is 3. The van der Waals surface area contributed by atoms with Crippen LogP contribution in [0.5, 0.6) is 0 Å². The summed E-state index contributed by atoms with van der Waals surface area (Å²) in [5, 5.41) is 0. The smallest absolute Gasteiger partial charge is 0.237 e. The average Bonchev–Trinajstić information content (AvgIpc) is 2.45. The molecule has 1 aromatic rings. The van der Waals surface area contributed by atoms with Crippen molar-refractivity contribution in [2.75, 3.05) is 10.6 Å². The first-order valence-electron chi connectivity index (χ1n) is 5.67. The molecule has 0 radical (unpaired) electrons. The van der Waals surface area contributed by atoms with Crippen molar-refractivity contribution in [3.05, 3.63) is 23.8 Å². The fraction of sp³-hybridized carbons (Fsp3) is 0.385. The number of benzene rings is 1. The van der Waals surface area contributed by atoms with E-state index in [9.17, 15) is 9.59 Å². The summed E-state index contributed by atoms with van der Waals surface area (Å²) in [6.45, 7) is 5.46. The minimum Gasteiger partial charge on any atom is -0.397 e. The van der Waals surface area contributed by atoms with Gasteiger partial charge in [-0.15, -0.1) is 0 Å². The number of nitrogens with two attached hydrogens (primary N) is 1. The summed E-state index contributed by atoms with van der Waals surface area (Å²) >= 11 is 0. The minimum absolute atomic E-state index is 0.168. The first-order chi connectivity index (χ1) is 7.93. The fourth-order valence-electron chi connectivity index (χ4n) is 2.06. The van der Waals surface area contributed by atoms with Crippen LogP contribution in [0.15, 0.2) is 18.2 Å². The van der Waals surface area contributed by atoms with Crippen molar-refractivity contribution < 1.29 is 9.59 Å². The van der Waals surface area contributed by atoms with Gasteiger partial charge in [0.1, 0.15) is 0 Å². The Morgan fingerprint density at radius 1 is 1.12 bits per heavy atom. The number of nitrogen functional groups attached to an aromatic ring is 1. The number of anilines is 2. The Morgan fingerprint density at radius 2 is 1.65 bits per heavy atom. The molecule has 2 amide bonds. The third-order valence-electron chi connectivity index (χ3n) is 3.39. The van der Waals surface area contributed by atoms with E-state index in [1.54, 1.807) is 26.0 Å². The number of carbonyl (C=O) groups is 2. The van der Waals surface area contributed by atoms with Crippen molar-refractivity contribution in [3.63, 3.8) is 0 Å². The molecule has 1 fully saturated rings. The summed E-state index contributed by atoms with van der Waals surface area (Å²) in [7, 11) is 0. The highest BCUT2D eigenvalue weighted by atomic mass is 16.2. The van der Waals surface area contributed by atoms with Crippen LogP contribution in [0.25, 0.3) is 0 Å². The molecule has 0 aliphatic carbocycles. The maximum absolute atomic E-state index is 12.0. The molecule has 0 saturated carbocycles. The van der Waals surface area contributed by atoms with Crippen molar-refractivity contribution >= 4 is 23.2 Å². The second-order valence-corrected chi connectivity index (χ2v) is 4.65. The van der Waals surface area contributed by atoms with Crippen molar-refractivity contribution in [1.29, 1.82) is 0 Å². The van der Waals surface area contributed by atoms with E-state index < -0.39 is 0 Å². The standard InChI is InChI=1S/C13H16N2O2/c1-7-4-5-11(10(14)6-7)15-12(16)8(2)9(3)13(15)17/h4-6,8-9H,14H2,1-3H3. The van der Waals surface area contributed by atoms with Gasteiger partial charge in [-0.1, -0.05) is 19.9 Å². The normalized spacial score (nSPS) is 24.5. The van der Waals surface area contributed by atoms with Gasteiger partial charge in [0.15, 0.2) is 0 Å².